The fraction of sp³-hybridized carbons (Fsp3) is 0.227. The number of nitrogen functional groups attached to an aromatic ring is 1. The molecular weight excluding hydrogens is 412 g/mol. The summed E-state index contributed by atoms with van der Waals surface area (Å²) in [6, 6.07) is 17.8. The van der Waals surface area contributed by atoms with Crippen LogP contribution < -0.4 is 16.6 Å². The van der Waals surface area contributed by atoms with Crippen LogP contribution in [0.2, 0.25) is 0 Å². The first-order valence-corrected chi connectivity index (χ1v) is 10.2. The third-order valence-electron chi connectivity index (χ3n) is 5.49. The summed E-state index contributed by atoms with van der Waals surface area (Å²) in [6.45, 7) is -0.329. The monoisotopic (exact) mass is 434 g/mol. The molecule has 3 atom stereocenters. The van der Waals surface area contributed by atoms with Gasteiger partial charge >= 0.3 is 0 Å². The van der Waals surface area contributed by atoms with Crippen molar-refractivity contribution >= 4 is 28.7 Å². The van der Waals surface area contributed by atoms with Gasteiger partial charge in [-0.05, 0) is 23.3 Å². The predicted molar refractivity (Wildman–Crippen MR) is 119 cm³/mol. The van der Waals surface area contributed by atoms with Crippen molar-refractivity contribution in [2.75, 3.05) is 17.7 Å². The Morgan fingerprint density at radius 3 is 2.53 bits per heavy atom. The van der Waals surface area contributed by atoms with Gasteiger partial charge < -0.3 is 26.0 Å². The van der Waals surface area contributed by atoms with Crippen molar-refractivity contribution in [3.05, 3.63) is 65.0 Å². The van der Waals surface area contributed by atoms with E-state index in [9.17, 15) is 15.0 Å². The summed E-state index contributed by atoms with van der Waals surface area (Å²) in [5, 5.41) is 22.9. The SMILES string of the molecule is Nc1nc2c(nc(Nc3ccc(-c4ccccc4)cc3)n2[C@H]2CC(O)[C@@H](CO)O2)c(=O)[nH]1. The first-order valence-electron chi connectivity index (χ1n) is 10.2. The number of hydrogen-bond acceptors (Lipinski definition) is 8. The second-order valence-corrected chi connectivity index (χ2v) is 7.61. The van der Waals surface area contributed by atoms with Crippen LogP contribution in [0.25, 0.3) is 22.3 Å². The van der Waals surface area contributed by atoms with Crippen molar-refractivity contribution < 1.29 is 14.9 Å². The number of aliphatic hydroxyl groups is 2. The van der Waals surface area contributed by atoms with Crippen molar-refractivity contribution in [1.29, 1.82) is 0 Å². The Hall–Kier alpha value is -3.73. The Kier molecular flexibility index (Phi) is 5.10. The largest absolute Gasteiger partial charge is 0.394 e. The summed E-state index contributed by atoms with van der Waals surface area (Å²) < 4.78 is 7.39. The molecule has 0 bridgehead atoms. The average molecular weight is 434 g/mol. The van der Waals surface area contributed by atoms with Crippen molar-refractivity contribution in [3.63, 3.8) is 0 Å². The Morgan fingerprint density at radius 1 is 1.12 bits per heavy atom. The molecule has 164 valence electrons. The minimum atomic E-state index is -0.861. The molecule has 0 amide bonds. The van der Waals surface area contributed by atoms with Crippen molar-refractivity contribution in [3.8, 4) is 11.1 Å². The number of rotatable bonds is 5. The highest BCUT2D eigenvalue weighted by molar-refractivity contribution is 5.76. The second kappa shape index (κ2) is 8.08. The van der Waals surface area contributed by atoms with Crippen molar-refractivity contribution in [1.82, 2.24) is 19.5 Å². The summed E-state index contributed by atoms with van der Waals surface area (Å²) in [5.74, 6) is 0.256. The molecule has 32 heavy (non-hydrogen) atoms. The summed E-state index contributed by atoms with van der Waals surface area (Å²) >= 11 is 0. The molecule has 1 aliphatic heterocycles. The molecule has 1 aliphatic rings. The molecule has 0 saturated carbocycles. The highest BCUT2D eigenvalue weighted by Crippen LogP contribution is 2.34. The van der Waals surface area contributed by atoms with Gasteiger partial charge in [-0.1, -0.05) is 42.5 Å². The number of nitrogens with two attached hydrogens (primary N) is 1. The predicted octanol–water partition coefficient (Wildman–Crippen LogP) is 1.75. The van der Waals surface area contributed by atoms with E-state index in [4.69, 9.17) is 10.5 Å². The van der Waals surface area contributed by atoms with E-state index in [1.54, 1.807) is 4.57 Å². The normalized spacial score (nSPS) is 20.6. The number of anilines is 3. The van der Waals surface area contributed by atoms with Gasteiger partial charge in [0, 0.05) is 12.1 Å². The third kappa shape index (κ3) is 3.60. The summed E-state index contributed by atoms with van der Waals surface area (Å²) in [5.41, 5.74) is 8.48. The number of benzene rings is 2. The van der Waals surface area contributed by atoms with Crippen LogP contribution in [0.15, 0.2) is 59.4 Å². The van der Waals surface area contributed by atoms with Gasteiger partial charge in [-0.3, -0.25) is 14.3 Å². The van der Waals surface area contributed by atoms with Crippen LogP contribution in [0, 0.1) is 0 Å². The van der Waals surface area contributed by atoms with Crippen molar-refractivity contribution in [2.45, 2.75) is 24.9 Å². The smallest absolute Gasteiger partial charge is 0.280 e. The van der Waals surface area contributed by atoms with Gasteiger partial charge in [0.2, 0.25) is 11.9 Å². The molecule has 0 spiro atoms. The van der Waals surface area contributed by atoms with Crippen LogP contribution in [0.3, 0.4) is 0 Å². The number of nitrogens with one attached hydrogen (secondary N) is 2. The first-order chi connectivity index (χ1) is 15.5. The van der Waals surface area contributed by atoms with E-state index in [2.05, 4.69) is 20.3 Å². The highest BCUT2D eigenvalue weighted by Gasteiger charge is 2.37. The maximum Gasteiger partial charge on any atom is 0.280 e. The lowest BCUT2D eigenvalue weighted by Gasteiger charge is -2.17. The van der Waals surface area contributed by atoms with E-state index in [1.165, 1.54) is 0 Å². The van der Waals surface area contributed by atoms with Crippen LogP contribution in [0.5, 0.6) is 0 Å². The molecule has 1 fully saturated rings. The number of hydrogen-bond donors (Lipinski definition) is 5. The third-order valence-corrected chi connectivity index (χ3v) is 5.49. The minimum absolute atomic E-state index is 0.0559. The number of aromatic nitrogens is 4. The average Bonchev–Trinajstić information content (AvgIpc) is 3.34. The quantitative estimate of drug-likeness (QED) is 0.319. The lowest BCUT2D eigenvalue weighted by atomic mass is 10.1. The van der Waals surface area contributed by atoms with E-state index in [0.29, 0.717) is 5.95 Å². The van der Waals surface area contributed by atoms with Gasteiger partial charge in [-0.25, -0.2) is 4.98 Å². The number of nitrogens with zero attached hydrogens (tertiary/aromatic N) is 3. The molecule has 6 N–H and O–H groups in total. The van der Waals surface area contributed by atoms with Gasteiger partial charge in [0.15, 0.2) is 11.2 Å². The lowest BCUT2D eigenvalue weighted by molar-refractivity contribution is -0.0425. The van der Waals surface area contributed by atoms with Gasteiger partial charge in [0.05, 0.1) is 12.7 Å². The van der Waals surface area contributed by atoms with Crippen molar-refractivity contribution in [2.24, 2.45) is 0 Å². The van der Waals surface area contributed by atoms with Gasteiger partial charge in [-0.2, -0.15) is 4.98 Å². The molecule has 1 unspecified atom stereocenters. The topological polar surface area (TPSA) is 151 Å². The molecule has 1 saturated heterocycles. The fourth-order valence-electron chi connectivity index (χ4n) is 3.90. The maximum absolute atomic E-state index is 12.4. The molecule has 2 aromatic carbocycles. The zero-order chi connectivity index (χ0) is 22.2. The number of H-pyrrole nitrogens is 1. The van der Waals surface area contributed by atoms with E-state index >= 15 is 0 Å². The Balaban J connectivity index is 1.53. The number of fused-ring (bicyclic) bond motifs is 1. The Labute approximate surface area is 182 Å². The summed E-state index contributed by atoms with van der Waals surface area (Å²) in [7, 11) is 0. The number of aliphatic hydroxyl groups excluding tert-OH is 2. The standard InChI is InChI=1S/C22H22N6O4/c23-21-26-19-18(20(31)27-21)25-22(28(19)17-10-15(30)16(11-29)32-17)24-14-8-6-13(7-9-14)12-4-2-1-3-5-12/h1-9,15-17,29-30H,10-11H2,(H,24,25)(H3,23,26,27,31)/t15?,16-,17-/m1/s1. The lowest BCUT2D eigenvalue weighted by Crippen LogP contribution is -2.24. The minimum Gasteiger partial charge on any atom is -0.394 e. The number of ether oxygens (including phenoxy) is 1. The number of aromatic amines is 1. The zero-order valence-electron chi connectivity index (χ0n) is 17.0. The molecule has 5 rings (SSSR count). The van der Waals surface area contributed by atoms with E-state index in [-0.39, 0.29) is 30.1 Å². The molecule has 0 radical (unpaired) electrons. The van der Waals surface area contributed by atoms with Gasteiger partial charge in [0.25, 0.3) is 5.56 Å². The van der Waals surface area contributed by atoms with Gasteiger partial charge in [0.1, 0.15) is 12.3 Å². The van der Waals surface area contributed by atoms with E-state index < -0.39 is 24.0 Å². The van der Waals surface area contributed by atoms with Crippen LogP contribution in [0.4, 0.5) is 17.6 Å². The van der Waals surface area contributed by atoms with Crippen LogP contribution in [-0.4, -0.2) is 48.5 Å². The Bertz CT molecular complexity index is 1300. The van der Waals surface area contributed by atoms with Crippen LogP contribution >= 0.6 is 0 Å². The number of imidazole rings is 1. The fourth-order valence-corrected chi connectivity index (χ4v) is 3.90. The van der Waals surface area contributed by atoms with Gasteiger partial charge in [-0.15, -0.1) is 0 Å². The second-order valence-electron chi connectivity index (χ2n) is 7.61. The molecule has 10 heteroatoms. The molecule has 0 aliphatic carbocycles. The van der Waals surface area contributed by atoms with E-state index in [0.717, 1.165) is 16.8 Å². The maximum atomic E-state index is 12.4. The van der Waals surface area contributed by atoms with E-state index in [1.807, 2.05) is 54.6 Å². The molecule has 2 aromatic heterocycles. The summed E-state index contributed by atoms with van der Waals surface area (Å²) in [6.07, 6.45) is -2.09. The Morgan fingerprint density at radius 2 is 1.84 bits per heavy atom. The molecular formula is C22H22N6O4. The molecule has 4 aromatic rings. The molecule has 10 nitrogen and oxygen atoms in total. The zero-order valence-corrected chi connectivity index (χ0v) is 17.0. The first kappa shape index (κ1) is 20.2. The van der Waals surface area contributed by atoms with Crippen LogP contribution in [-0.2, 0) is 4.74 Å². The molecule has 3 heterocycles. The van der Waals surface area contributed by atoms with Crippen LogP contribution in [0.1, 0.15) is 12.6 Å². The summed E-state index contributed by atoms with van der Waals surface area (Å²) in [4.78, 5) is 23.5. The highest BCUT2D eigenvalue weighted by atomic mass is 16.5.